The number of anilines is 1. The number of hydrogen-bond donors (Lipinski definition) is 1. The van der Waals surface area contributed by atoms with Gasteiger partial charge in [0, 0.05) is 28.8 Å². The molecule has 2 N–H and O–H groups in total. The minimum atomic E-state index is 0.471. The van der Waals surface area contributed by atoms with E-state index in [4.69, 9.17) is 18.0 Å². The fraction of sp³-hybridized carbons (Fsp3) is 0.533. The van der Waals surface area contributed by atoms with Crippen LogP contribution in [0.4, 0.5) is 5.69 Å². The Hall–Kier alpha value is -0.610. The minimum absolute atomic E-state index is 0.471. The van der Waals surface area contributed by atoms with Crippen molar-refractivity contribution >= 4 is 38.8 Å². The van der Waals surface area contributed by atoms with E-state index in [0.717, 1.165) is 29.0 Å². The quantitative estimate of drug-likeness (QED) is 0.840. The van der Waals surface area contributed by atoms with Crippen LogP contribution in [0.3, 0.4) is 0 Å². The largest absolute Gasteiger partial charge is 0.389 e. The standard InChI is InChI=1S/C15H21BrN2S/c1-2-11-5-4-9-18(10-8-11)13-7-3-6-12(16)14(13)15(17)19/h3,6-7,11H,2,4-5,8-10H2,1H3,(H2,17,19). The molecule has 1 aromatic carbocycles. The first kappa shape index (κ1) is 14.8. The predicted molar refractivity (Wildman–Crippen MR) is 89.9 cm³/mol. The van der Waals surface area contributed by atoms with Gasteiger partial charge in [-0.1, -0.05) is 31.6 Å². The number of rotatable bonds is 3. The van der Waals surface area contributed by atoms with Gasteiger partial charge in [-0.25, -0.2) is 0 Å². The van der Waals surface area contributed by atoms with Gasteiger partial charge in [0.1, 0.15) is 4.99 Å². The van der Waals surface area contributed by atoms with Crippen molar-refractivity contribution in [1.82, 2.24) is 0 Å². The van der Waals surface area contributed by atoms with Crippen molar-refractivity contribution in [3.05, 3.63) is 28.2 Å². The second-order valence-electron chi connectivity index (χ2n) is 5.19. The third-order valence-electron chi connectivity index (χ3n) is 4.00. The lowest BCUT2D eigenvalue weighted by Gasteiger charge is -2.26. The van der Waals surface area contributed by atoms with Crippen molar-refractivity contribution in [2.45, 2.75) is 32.6 Å². The molecule has 1 aliphatic heterocycles. The van der Waals surface area contributed by atoms with Gasteiger partial charge in [0.15, 0.2) is 0 Å². The molecular weight excluding hydrogens is 320 g/mol. The molecule has 0 amide bonds. The van der Waals surface area contributed by atoms with Crippen LogP contribution < -0.4 is 10.6 Å². The van der Waals surface area contributed by atoms with Crippen LogP contribution in [-0.2, 0) is 0 Å². The van der Waals surface area contributed by atoms with Crippen molar-refractivity contribution < 1.29 is 0 Å². The Balaban J connectivity index is 2.26. The van der Waals surface area contributed by atoms with E-state index in [2.05, 4.69) is 39.9 Å². The molecule has 104 valence electrons. The van der Waals surface area contributed by atoms with E-state index >= 15 is 0 Å². The van der Waals surface area contributed by atoms with Gasteiger partial charge in [-0.2, -0.15) is 0 Å². The van der Waals surface area contributed by atoms with Gasteiger partial charge < -0.3 is 10.6 Å². The van der Waals surface area contributed by atoms with Gasteiger partial charge in [0.25, 0.3) is 0 Å². The zero-order valence-corrected chi connectivity index (χ0v) is 13.8. The fourth-order valence-electron chi connectivity index (χ4n) is 2.83. The van der Waals surface area contributed by atoms with Gasteiger partial charge in [-0.3, -0.25) is 0 Å². The van der Waals surface area contributed by atoms with E-state index in [-0.39, 0.29) is 0 Å². The average Bonchev–Trinajstić information content (AvgIpc) is 2.63. The Morgan fingerprint density at radius 1 is 1.42 bits per heavy atom. The summed E-state index contributed by atoms with van der Waals surface area (Å²) in [4.78, 5) is 2.91. The molecule has 2 rings (SSSR count). The first-order valence-corrected chi connectivity index (χ1v) is 8.16. The number of thiocarbonyl (C=S) groups is 1. The highest BCUT2D eigenvalue weighted by atomic mass is 79.9. The molecule has 1 saturated heterocycles. The van der Waals surface area contributed by atoms with Crippen LogP contribution in [0.2, 0.25) is 0 Å². The molecule has 0 aliphatic carbocycles. The van der Waals surface area contributed by atoms with Crippen molar-refractivity contribution in [2.24, 2.45) is 11.7 Å². The molecule has 0 aromatic heterocycles. The maximum absolute atomic E-state index is 5.89. The van der Waals surface area contributed by atoms with E-state index in [1.54, 1.807) is 0 Å². The van der Waals surface area contributed by atoms with Crippen LogP contribution in [0.1, 0.15) is 38.2 Å². The Labute approximate surface area is 129 Å². The molecule has 0 bridgehead atoms. The molecule has 1 fully saturated rings. The highest BCUT2D eigenvalue weighted by Crippen LogP contribution is 2.31. The van der Waals surface area contributed by atoms with Gasteiger partial charge in [-0.05, 0) is 53.2 Å². The summed E-state index contributed by atoms with van der Waals surface area (Å²) in [5, 5.41) is 0. The van der Waals surface area contributed by atoms with Crippen LogP contribution >= 0.6 is 28.1 Å². The predicted octanol–water partition coefficient (Wildman–Crippen LogP) is 4.10. The Morgan fingerprint density at radius 3 is 2.89 bits per heavy atom. The van der Waals surface area contributed by atoms with Gasteiger partial charge in [0.05, 0.1) is 0 Å². The summed E-state index contributed by atoms with van der Waals surface area (Å²) in [6.45, 7) is 4.49. The molecule has 2 nitrogen and oxygen atoms in total. The lowest BCUT2D eigenvalue weighted by molar-refractivity contribution is 0.459. The lowest BCUT2D eigenvalue weighted by Crippen LogP contribution is -2.27. The van der Waals surface area contributed by atoms with E-state index in [1.807, 2.05) is 6.07 Å². The first-order valence-electron chi connectivity index (χ1n) is 6.96. The summed E-state index contributed by atoms with van der Waals surface area (Å²) in [5.41, 5.74) is 8.05. The second-order valence-corrected chi connectivity index (χ2v) is 6.48. The number of nitrogens with zero attached hydrogens (tertiary/aromatic N) is 1. The van der Waals surface area contributed by atoms with E-state index in [9.17, 15) is 0 Å². The molecule has 4 heteroatoms. The SMILES string of the molecule is CCC1CCCN(c2cccc(Br)c2C(N)=S)CC1. The number of hydrogen-bond acceptors (Lipinski definition) is 2. The van der Waals surface area contributed by atoms with Crippen molar-refractivity contribution in [1.29, 1.82) is 0 Å². The van der Waals surface area contributed by atoms with Crippen molar-refractivity contribution in [3.8, 4) is 0 Å². The molecule has 0 saturated carbocycles. The van der Waals surface area contributed by atoms with E-state index in [1.165, 1.54) is 31.4 Å². The highest BCUT2D eigenvalue weighted by Gasteiger charge is 2.19. The van der Waals surface area contributed by atoms with Gasteiger partial charge in [0.2, 0.25) is 0 Å². The highest BCUT2D eigenvalue weighted by molar-refractivity contribution is 9.10. The van der Waals surface area contributed by atoms with Crippen molar-refractivity contribution in [2.75, 3.05) is 18.0 Å². The second kappa shape index (κ2) is 6.71. The maximum Gasteiger partial charge on any atom is 0.107 e. The van der Waals surface area contributed by atoms with Crippen LogP contribution in [-0.4, -0.2) is 18.1 Å². The number of benzene rings is 1. The third kappa shape index (κ3) is 3.48. The maximum atomic E-state index is 5.89. The average molecular weight is 341 g/mol. The smallest absolute Gasteiger partial charge is 0.107 e. The number of halogens is 1. The Bertz CT molecular complexity index is 461. The summed E-state index contributed by atoms with van der Waals surface area (Å²) in [7, 11) is 0. The van der Waals surface area contributed by atoms with E-state index in [0.29, 0.717) is 4.99 Å². The number of nitrogens with two attached hydrogens (primary N) is 1. The van der Waals surface area contributed by atoms with Crippen LogP contribution in [0.15, 0.2) is 22.7 Å². The fourth-order valence-corrected chi connectivity index (χ4v) is 3.75. The molecule has 0 radical (unpaired) electrons. The summed E-state index contributed by atoms with van der Waals surface area (Å²) < 4.78 is 0.994. The minimum Gasteiger partial charge on any atom is -0.389 e. The van der Waals surface area contributed by atoms with Gasteiger partial charge in [-0.15, -0.1) is 0 Å². The summed E-state index contributed by atoms with van der Waals surface area (Å²) in [6, 6.07) is 6.19. The monoisotopic (exact) mass is 340 g/mol. The topological polar surface area (TPSA) is 29.3 Å². The van der Waals surface area contributed by atoms with Crippen molar-refractivity contribution in [3.63, 3.8) is 0 Å². The zero-order valence-electron chi connectivity index (χ0n) is 11.4. The normalized spacial score (nSPS) is 20.1. The Kier molecular flexibility index (Phi) is 5.22. The lowest BCUT2D eigenvalue weighted by atomic mass is 9.98. The molecular formula is C15H21BrN2S. The summed E-state index contributed by atoms with van der Waals surface area (Å²) >= 11 is 8.77. The molecule has 1 heterocycles. The Morgan fingerprint density at radius 2 is 2.21 bits per heavy atom. The molecule has 0 spiro atoms. The molecule has 1 unspecified atom stereocenters. The summed E-state index contributed by atoms with van der Waals surface area (Å²) in [6.07, 6.45) is 5.14. The molecule has 1 aliphatic rings. The molecule has 1 aromatic rings. The first-order chi connectivity index (χ1) is 9.13. The zero-order chi connectivity index (χ0) is 13.8. The van der Waals surface area contributed by atoms with Gasteiger partial charge >= 0.3 is 0 Å². The molecule has 1 atom stereocenters. The summed E-state index contributed by atoms with van der Waals surface area (Å²) in [5.74, 6) is 0.866. The third-order valence-corrected chi connectivity index (χ3v) is 4.87. The molecule has 19 heavy (non-hydrogen) atoms. The van der Waals surface area contributed by atoms with E-state index < -0.39 is 0 Å². The van der Waals surface area contributed by atoms with Crippen LogP contribution in [0.5, 0.6) is 0 Å². The van der Waals surface area contributed by atoms with Crippen LogP contribution in [0, 0.1) is 5.92 Å². The van der Waals surface area contributed by atoms with Crippen LogP contribution in [0.25, 0.3) is 0 Å².